The van der Waals surface area contributed by atoms with Gasteiger partial charge < -0.3 is 19.4 Å². The number of hydrogen-bond acceptors (Lipinski definition) is 7. The van der Waals surface area contributed by atoms with Crippen LogP contribution in [0, 0.1) is 11.3 Å². The van der Waals surface area contributed by atoms with Crippen LogP contribution in [0.15, 0.2) is 6.33 Å². The van der Waals surface area contributed by atoms with Crippen molar-refractivity contribution in [3.63, 3.8) is 0 Å². The van der Waals surface area contributed by atoms with Gasteiger partial charge in [-0.15, -0.1) is 10.2 Å². The van der Waals surface area contributed by atoms with E-state index in [0.29, 0.717) is 39.3 Å². The van der Waals surface area contributed by atoms with E-state index in [1.165, 1.54) is 10.6 Å². The van der Waals surface area contributed by atoms with E-state index in [-0.39, 0.29) is 25.0 Å². The Morgan fingerprint density at radius 2 is 2.35 bits per heavy atom. The van der Waals surface area contributed by atoms with Crippen LogP contribution in [0.2, 0.25) is 0 Å². The number of sulfonamides is 1. The number of carbonyl (C=O) groups is 1. The van der Waals surface area contributed by atoms with Crippen molar-refractivity contribution in [1.29, 1.82) is 0 Å². The Morgan fingerprint density at radius 3 is 3.08 bits per heavy atom. The molecule has 2 aliphatic heterocycles. The SMILES string of the molecule is COCCn1cnnc1CCNC(=O)[C@@]12COC[C@@H]1CN(S(C)(=O)=O)C2. The van der Waals surface area contributed by atoms with Crippen molar-refractivity contribution in [3.8, 4) is 0 Å². The molecule has 0 spiro atoms. The Hall–Kier alpha value is -1.56. The van der Waals surface area contributed by atoms with E-state index in [1.807, 2.05) is 4.57 Å². The number of nitrogens with one attached hydrogen (secondary N) is 1. The summed E-state index contributed by atoms with van der Waals surface area (Å²) in [5, 5.41) is 10.9. The Labute approximate surface area is 152 Å². The number of methoxy groups -OCH3 is 1. The first-order chi connectivity index (χ1) is 12.4. The van der Waals surface area contributed by atoms with Gasteiger partial charge in [0.1, 0.15) is 12.2 Å². The average Bonchev–Trinajstić information content (AvgIpc) is 3.26. The van der Waals surface area contributed by atoms with Gasteiger partial charge in [0.05, 0.1) is 31.5 Å². The topological polar surface area (TPSA) is 116 Å². The molecule has 2 atom stereocenters. The smallest absolute Gasteiger partial charge is 0.230 e. The predicted molar refractivity (Wildman–Crippen MR) is 91.8 cm³/mol. The predicted octanol–water partition coefficient (Wildman–Crippen LogP) is -1.51. The van der Waals surface area contributed by atoms with Gasteiger partial charge in [0, 0.05) is 45.6 Å². The molecule has 1 aromatic heterocycles. The quantitative estimate of drug-likeness (QED) is 0.577. The maximum atomic E-state index is 12.8. The third-order valence-electron chi connectivity index (χ3n) is 5.13. The molecule has 2 saturated heterocycles. The summed E-state index contributed by atoms with van der Waals surface area (Å²) in [7, 11) is -1.69. The minimum atomic E-state index is -3.32. The van der Waals surface area contributed by atoms with Crippen LogP contribution in [0.4, 0.5) is 0 Å². The van der Waals surface area contributed by atoms with Gasteiger partial charge in [-0.25, -0.2) is 12.7 Å². The van der Waals surface area contributed by atoms with Gasteiger partial charge >= 0.3 is 0 Å². The normalized spacial score (nSPS) is 26.2. The first-order valence-corrected chi connectivity index (χ1v) is 10.4. The zero-order chi connectivity index (χ0) is 18.8. The maximum Gasteiger partial charge on any atom is 0.230 e. The fraction of sp³-hybridized carbons (Fsp3) is 0.800. The van der Waals surface area contributed by atoms with E-state index in [9.17, 15) is 13.2 Å². The third-order valence-corrected chi connectivity index (χ3v) is 6.35. The number of aromatic nitrogens is 3. The molecule has 11 heteroatoms. The maximum absolute atomic E-state index is 12.8. The van der Waals surface area contributed by atoms with Crippen molar-refractivity contribution in [2.45, 2.75) is 13.0 Å². The summed E-state index contributed by atoms with van der Waals surface area (Å²) in [6, 6.07) is 0. The summed E-state index contributed by atoms with van der Waals surface area (Å²) in [6.07, 6.45) is 3.34. The highest BCUT2D eigenvalue weighted by atomic mass is 32.2. The monoisotopic (exact) mass is 387 g/mol. The van der Waals surface area contributed by atoms with Crippen LogP contribution in [0.1, 0.15) is 5.82 Å². The zero-order valence-corrected chi connectivity index (χ0v) is 15.9. The minimum Gasteiger partial charge on any atom is -0.383 e. The van der Waals surface area contributed by atoms with Crippen LogP contribution in [-0.2, 0) is 37.3 Å². The van der Waals surface area contributed by atoms with E-state index in [0.717, 1.165) is 5.82 Å². The molecule has 1 amide bonds. The molecule has 10 nitrogen and oxygen atoms in total. The second kappa shape index (κ2) is 7.59. The molecule has 26 heavy (non-hydrogen) atoms. The van der Waals surface area contributed by atoms with Gasteiger partial charge in [0.15, 0.2) is 0 Å². The van der Waals surface area contributed by atoms with E-state index >= 15 is 0 Å². The van der Waals surface area contributed by atoms with Crippen LogP contribution >= 0.6 is 0 Å². The van der Waals surface area contributed by atoms with Crippen molar-refractivity contribution < 1.29 is 22.7 Å². The van der Waals surface area contributed by atoms with Gasteiger partial charge in [0.2, 0.25) is 15.9 Å². The van der Waals surface area contributed by atoms with Crippen LogP contribution in [0.5, 0.6) is 0 Å². The summed E-state index contributed by atoms with van der Waals surface area (Å²) >= 11 is 0. The summed E-state index contributed by atoms with van der Waals surface area (Å²) in [4.78, 5) is 12.8. The molecule has 146 valence electrons. The molecule has 0 bridgehead atoms. The van der Waals surface area contributed by atoms with Gasteiger partial charge in [-0.3, -0.25) is 4.79 Å². The first kappa shape index (κ1) is 19.2. The molecule has 1 aromatic rings. The van der Waals surface area contributed by atoms with Crippen molar-refractivity contribution in [2.75, 3.05) is 52.8 Å². The summed E-state index contributed by atoms with van der Waals surface area (Å²) in [6.45, 7) is 2.77. The van der Waals surface area contributed by atoms with Crippen LogP contribution in [0.3, 0.4) is 0 Å². The molecular weight excluding hydrogens is 362 g/mol. The molecule has 0 aromatic carbocycles. The lowest BCUT2D eigenvalue weighted by atomic mass is 9.80. The highest BCUT2D eigenvalue weighted by Crippen LogP contribution is 2.42. The minimum absolute atomic E-state index is 0.109. The molecule has 0 unspecified atom stereocenters. The number of hydrogen-bond donors (Lipinski definition) is 1. The Bertz CT molecular complexity index is 751. The van der Waals surface area contributed by atoms with Crippen molar-refractivity contribution in [3.05, 3.63) is 12.2 Å². The fourth-order valence-corrected chi connectivity index (χ4v) is 4.49. The first-order valence-electron chi connectivity index (χ1n) is 8.53. The number of carbonyl (C=O) groups excluding carboxylic acids is 1. The Balaban J connectivity index is 1.59. The molecule has 3 heterocycles. The lowest BCUT2D eigenvalue weighted by Gasteiger charge is -2.25. The lowest BCUT2D eigenvalue weighted by molar-refractivity contribution is -0.131. The van der Waals surface area contributed by atoms with E-state index in [4.69, 9.17) is 9.47 Å². The van der Waals surface area contributed by atoms with Crippen molar-refractivity contribution in [1.82, 2.24) is 24.4 Å². The lowest BCUT2D eigenvalue weighted by Crippen LogP contribution is -2.47. The van der Waals surface area contributed by atoms with Gasteiger partial charge in [0.25, 0.3) is 0 Å². The van der Waals surface area contributed by atoms with Gasteiger partial charge in [-0.2, -0.15) is 0 Å². The number of rotatable bonds is 8. The molecular formula is C15H25N5O5S. The van der Waals surface area contributed by atoms with Crippen LogP contribution < -0.4 is 5.32 Å². The molecule has 1 N–H and O–H groups in total. The second-order valence-electron chi connectivity index (χ2n) is 6.86. The Morgan fingerprint density at radius 1 is 1.54 bits per heavy atom. The molecule has 0 saturated carbocycles. The van der Waals surface area contributed by atoms with Gasteiger partial charge in [-0.05, 0) is 0 Å². The molecule has 2 aliphatic rings. The third kappa shape index (κ3) is 3.75. The second-order valence-corrected chi connectivity index (χ2v) is 8.85. The van der Waals surface area contributed by atoms with Crippen LogP contribution in [0.25, 0.3) is 0 Å². The number of nitrogens with zero attached hydrogens (tertiary/aromatic N) is 4. The van der Waals surface area contributed by atoms with Crippen molar-refractivity contribution in [2.24, 2.45) is 11.3 Å². The fourth-order valence-electron chi connectivity index (χ4n) is 3.58. The number of ether oxygens (including phenoxy) is 2. The van der Waals surface area contributed by atoms with E-state index in [2.05, 4.69) is 15.5 Å². The zero-order valence-electron chi connectivity index (χ0n) is 15.0. The standard InChI is InChI=1S/C15H25N5O5S/c1-24-6-5-19-11-17-18-13(19)3-4-16-14(21)15-9-20(26(2,22)23)7-12(15)8-25-10-15/h11-12H,3-10H2,1-2H3,(H,16,21)/t12-,15-/m0/s1. The molecule has 3 rings (SSSR count). The van der Waals surface area contributed by atoms with Crippen LogP contribution in [-0.4, -0.2) is 86.2 Å². The van der Waals surface area contributed by atoms with Gasteiger partial charge in [-0.1, -0.05) is 0 Å². The highest BCUT2D eigenvalue weighted by molar-refractivity contribution is 7.88. The number of fused-ring (bicyclic) bond motifs is 1. The summed E-state index contributed by atoms with van der Waals surface area (Å²) in [5.74, 6) is 0.500. The highest BCUT2D eigenvalue weighted by Gasteiger charge is 2.57. The van der Waals surface area contributed by atoms with E-state index in [1.54, 1.807) is 13.4 Å². The molecule has 0 aliphatic carbocycles. The van der Waals surface area contributed by atoms with Crippen molar-refractivity contribution >= 4 is 15.9 Å². The summed E-state index contributed by atoms with van der Waals surface area (Å²) < 4.78 is 37.5. The molecule has 2 fully saturated rings. The number of amides is 1. The largest absolute Gasteiger partial charge is 0.383 e. The summed E-state index contributed by atoms with van der Waals surface area (Å²) in [5.41, 5.74) is -0.799. The average molecular weight is 387 g/mol. The molecule has 0 radical (unpaired) electrons. The Kier molecular flexibility index (Phi) is 5.61. The van der Waals surface area contributed by atoms with E-state index < -0.39 is 15.4 Å².